The normalized spacial score (nSPS) is 10.4. The summed E-state index contributed by atoms with van der Waals surface area (Å²) in [5.41, 5.74) is 7.11. The van der Waals surface area contributed by atoms with Crippen LogP contribution in [-0.2, 0) is 0 Å². The summed E-state index contributed by atoms with van der Waals surface area (Å²) in [4.78, 5) is 3.84. The second-order valence-corrected chi connectivity index (χ2v) is 3.80. The SMILES string of the molecule is COc1c(C)cc(Cl)cc1-c1cnc(N)o1. The van der Waals surface area contributed by atoms with Gasteiger partial charge in [0.1, 0.15) is 5.75 Å². The number of nitrogens with two attached hydrogens (primary N) is 1. The molecule has 0 unspecified atom stereocenters. The molecular formula is C11H11ClN2O2. The molecule has 0 spiro atoms. The highest BCUT2D eigenvalue weighted by Crippen LogP contribution is 2.36. The van der Waals surface area contributed by atoms with Crippen molar-refractivity contribution >= 4 is 17.6 Å². The Hall–Kier alpha value is -1.68. The van der Waals surface area contributed by atoms with Gasteiger partial charge >= 0.3 is 0 Å². The summed E-state index contributed by atoms with van der Waals surface area (Å²) in [6, 6.07) is 3.70. The first-order chi connectivity index (χ1) is 7.61. The largest absolute Gasteiger partial charge is 0.496 e. The summed E-state index contributed by atoms with van der Waals surface area (Å²) in [5, 5.41) is 0.614. The molecule has 0 saturated heterocycles. The number of aromatic nitrogens is 1. The van der Waals surface area contributed by atoms with E-state index in [1.54, 1.807) is 19.4 Å². The van der Waals surface area contributed by atoms with Crippen LogP contribution >= 0.6 is 11.6 Å². The number of methoxy groups -OCH3 is 1. The minimum absolute atomic E-state index is 0.120. The lowest BCUT2D eigenvalue weighted by molar-refractivity contribution is 0.412. The third-order valence-corrected chi connectivity index (χ3v) is 2.45. The fourth-order valence-corrected chi connectivity index (χ4v) is 1.87. The monoisotopic (exact) mass is 238 g/mol. The maximum atomic E-state index is 5.99. The molecule has 2 aromatic rings. The third-order valence-electron chi connectivity index (χ3n) is 2.23. The van der Waals surface area contributed by atoms with E-state index in [0.717, 1.165) is 11.1 Å². The number of aryl methyl sites for hydroxylation is 1. The molecular weight excluding hydrogens is 228 g/mol. The smallest absolute Gasteiger partial charge is 0.292 e. The van der Waals surface area contributed by atoms with Gasteiger partial charge in [-0.2, -0.15) is 0 Å². The van der Waals surface area contributed by atoms with Crippen molar-refractivity contribution in [2.45, 2.75) is 6.92 Å². The van der Waals surface area contributed by atoms with Gasteiger partial charge in [0.2, 0.25) is 0 Å². The molecule has 0 aliphatic carbocycles. The summed E-state index contributed by atoms with van der Waals surface area (Å²) in [7, 11) is 1.60. The minimum atomic E-state index is 0.120. The van der Waals surface area contributed by atoms with E-state index in [4.69, 9.17) is 26.5 Å². The van der Waals surface area contributed by atoms with Crippen LogP contribution in [0.15, 0.2) is 22.7 Å². The number of anilines is 1. The second kappa shape index (κ2) is 4.06. The van der Waals surface area contributed by atoms with Crippen LogP contribution in [0.5, 0.6) is 5.75 Å². The van der Waals surface area contributed by atoms with Gasteiger partial charge in [-0.3, -0.25) is 0 Å². The summed E-state index contributed by atoms with van der Waals surface area (Å²) >= 11 is 5.99. The van der Waals surface area contributed by atoms with E-state index in [2.05, 4.69) is 4.98 Å². The van der Waals surface area contributed by atoms with Crippen LogP contribution in [-0.4, -0.2) is 12.1 Å². The van der Waals surface area contributed by atoms with Crippen molar-refractivity contribution in [3.05, 3.63) is 28.9 Å². The Labute approximate surface area is 98.0 Å². The van der Waals surface area contributed by atoms with E-state index < -0.39 is 0 Å². The minimum Gasteiger partial charge on any atom is -0.496 e. The molecule has 0 aliphatic heterocycles. The Bertz CT molecular complexity index is 523. The lowest BCUT2D eigenvalue weighted by atomic mass is 10.1. The zero-order chi connectivity index (χ0) is 11.7. The lowest BCUT2D eigenvalue weighted by Gasteiger charge is -2.09. The Kier molecular flexibility index (Phi) is 2.75. The van der Waals surface area contributed by atoms with E-state index in [1.807, 2.05) is 13.0 Å². The van der Waals surface area contributed by atoms with Crippen LogP contribution < -0.4 is 10.5 Å². The highest BCUT2D eigenvalue weighted by atomic mass is 35.5. The summed E-state index contributed by atoms with van der Waals surface area (Å²) < 4.78 is 10.6. The number of hydrogen-bond acceptors (Lipinski definition) is 4. The van der Waals surface area contributed by atoms with Crippen molar-refractivity contribution in [2.75, 3.05) is 12.8 Å². The molecule has 1 aromatic heterocycles. The second-order valence-electron chi connectivity index (χ2n) is 3.37. The van der Waals surface area contributed by atoms with Crippen LogP contribution in [0.25, 0.3) is 11.3 Å². The number of nitrogen functional groups attached to an aromatic ring is 1. The molecule has 0 aliphatic rings. The first-order valence-corrected chi connectivity index (χ1v) is 5.05. The summed E-state index contributed by atoms with van der Waals surface area (Å²) in [6.45, 7) is 1.91. The van der Waals surface area contributed by atoms with Gasteiger partial charge in [-0.25, -0.2) is 4.98 Å². The predicted octanol–water partition coefficient (Wildman–Crippen LogP) is 2.89. The predicted molar refractivity (Wildman–Crippen MR) is 62.7 cm³/mol. The molecule has 84 valence electrons. The molecule has 2 rings (SSSR count). The van der Waals surface area contributed by atoms with Crippen molar-refractivity contribution in [1.82, 2.24) is 4.98 Å². The molecule has 0 bridgehead atoms. The number of oxazole rings is 1. The highest BCUT2D eigenvalue weighted by Gasteiger charge is 2.13. The maximum Gasteiger partial charge on any atom is 0.292 e. The van der Waals surface area contributed by atoms with Crippen LogP contribution in [0, 0.1) is 6.92 Å². The van der Waals surface area contributed by atoms with Gasteiger partial charge in [-0.05, 0) is 24.6 Å². The van der Waals surface area contributed by atoms with Gasteiger partial charge in [-0.15, -0.1) is 0 Å². The van der Waals surface area contributed by atoms with Crippen molar-refractivity contribution in [3.8, 4) is 17.1 Å². The van der Waals surface area contributed by atoms with E-state index in [0.29, 0.717) is 16.5 Å². The first kappa shape index (κ1) is 10.8. The fourth-order valence-electron chi connectivity index (χ4n) is 1.60. The molecule has 0 saturated carbocycles. The highest BCUT2D eigenvalue weighted by molar-refractivity contribution is 6.31. The van der Waals surface area contributed by atoms with Crippen molar-refractivity contribution < 1.29 is 9.15 Å². The van der Waals surface area contributed by atoms with Gasteiger partial charge in [0.25, 0.3) is 6.01 Å². The van der Waals surface area contributed by atoms with E-state index in [-0.39, 0.29) is 6.01 Å². The van der Waals surface area contributed by atoms with Crippen molar-refractivity contribution in [1.29, 1.82) is 0 Å². The molecule has 4 nitrogen and oxygen atoms in total. The Morgan fingerprint density at radius 1 is 1.44 bits per heavy atom. The van der Waals surface area contributed by atoms with Crippen LogP contribution in [0.4, 0.5) is 6.01 Å². The van der Waals surface area contributed by atoms with Gasteiger partial charge in [-0.1, -0.05) is 11.6 Å². The molecule has 0 amide bonds. The van der Waals surface area contributed by atoms with Gasteiger partial charge in [0.05, 0.1) is 18.9 Å². The molecule has 5 heteroatoms. The number of ether oxygens (including phenoxy) is 1. The standard InChI is InChI=1S/C11H11ClN2O2/c1-6-3-7(12)4-8(10(6)15-2)9-5-14-11(13)16-9/h3-5H,1-2H3,(H2,13,14). The number of hydrogen-bond donors (Lipinski definition) is 1. The number of benzene rings is 1. The Balaban J connectivity index is 2.63. The molecule has 0 radical (unpaired) electrons. The zero-order valence-corrected chi connectivity index (χ0v) is 9.71. The number of nitrogens with zero attached hydrogens (tertiary/aromatic N) is 1. The number of halogens is 1. The lowest BCUT2D eigenvalue weighted by Crippen LogP contribution is -1.91. The van der Waals surface area contributed by atoms with Gasteiger partial charge < -0.3 is 14.9 Å². The van der Waals surface area contributed by atoms with E-state index >= 15 is 0 Å². The summed E-state index contributed by atoms with van der Waals surface area (Å²) in [5.74, 6) is 1.25. The Morgan fingerprint density at radius 3 is 2.75 bits per heavy atom. The van der Waals surface area contributed by atoms with Crippen molar-refractivity contribution in [2.24, 2.45) is 0 Å². The van der Waals surface area contributed by atoms with Crippen LogP contribution in [0.3, 0.4) is 0 Å². The first-order valence-electron chi connectivity index (χ1n) is 4.67. The molecule has 16 heavy (non-hydrogen) atoms. The third kappa shape index (κ3) is 1.84. The average molecular weight is 239 g/mol. The molecule has 2 N–H and O–H groups in total. The van der Waals surface area contributed by atoms with Crippen LogP contribution in [0.2, 0.25) is 5.02 Å². The average Bonchev–Trinajstić information content (AvgIpc) is 2.63. The topological polar surface area (TPSA) is 61.3 Å². The quantitative estimate of drug-likeness (QED) is 0.874. The number of rotatable bonds is 2. The fraction of sp³-hybridized carbons (Fsp3) is 0.182. The van der Waals surface area contributed by atoms with Crippen LogP contribution in [0.1, 0.15) is 5.56 Å². The van der Waals surface area contributed by atoms with E-state index in [1.165, 1.54) is 0 Å². The van der Waals surface area contributed by atoms with E-state index in [9.17, 15) is 0 Å². The molecule has 1 heterocycles. The summed E-state index contributed by atoms with van der Waals surface area (Å²) in [6.07, 6.45) is 1.54. The maximum absolute atomic E-state index is 5.99. The molecule has 0 atom stereocenters. The zero-order valence-electron chi connectivity index (χ0n) is 8.95. The van der Waals surface area contributed by atoms with Gasteiger partial charge in [0, 0.05) is 5.02 Å². The van der Waals surface area contributed by atoms with Crippen molar-refractivity contribution in [3.63, 3.8) is 0 Å². The van der Waals surface area contributed by atoms with Gasteiger partial charge in [0.15, 0.2) is 5.76 Å². The molecule has 1 aromatic carbocycles. The molecule has 0 fully saturated rings. The Morgan fingerprint density at radius 2 is 2.19 bits per heavy atom.